The smallest absolute Gasteiger partial charge is 0.320 e. The molecule has 1 heterocycles. The molecular weight excluding hydrogens is 532 g/mol. The topological polar surface area (TPSA) is 97.3 Å². The molecule has 1 fully saturated rings. The summed E-state index contributed by atoms with van der Waals surface area (Å²) in [6.45, 7) is 1.49. The van der Waals surface area contributed by atoms with Crippen LogP contribution in [-0.4, -0.2) is 35.8 Å². The number of amidine groups is 1. The highest BCUT2D eigenvalue weighted by Gasteiger charge is 2.27. The molecule has 1 aliphatic heterocycles. The quantitative estimate of drug-likeness (QED) is 0.233. The summed E-state index contributed by atoms with van der Waals surface area (Å²) in [5.41, 5.74) is 0.638. The van der Waals surface area contributed by atoms with Gasteiger partial charge in [0.1, 0.15) is 23.5 Å². The molecule has 4 rings (SSSR count). The van der Waals surface area contributed by atoms with Crippen LogP contribution in [0, 0.1) is 17.0 Å². The molecule has 0 spiro atoms. The maximum Gasteiger partial charge on any atom is 0.320 e. The number of rotatable bonds is 6. The molecule has 10 heteroatoms. The van der Waals surface area contributed by atoms with E-state index in [0.717, 1.165) is 30.4 Å². The summed E-state index contributed by atoms with van der Waals surface area (Å²) >= 11 is 3.31. The van der Waals surface area contributed by atoms with Gasteiger partial charge >= 0.3 is 6.03 Å². The lowest BCUT2D eigenvalue weighted by molar-refractivity contribution is -0.118. The maximum atomic E-state index is 14.9. The lowest BCUT2D eigenvalue weighted by atomic mass is 10.0. The number of nitrogens with zero attached hydrogens (tertiary/aromatic N) is 1. The van der Waals surface area contributed by atoms with Crippen molar-refractivity contribution in [3.63, 3.8) is 0 Å². The fourth-order valence-corrected chi connectivity index (χ4v) is 4.18. The molecule has 1 atom stereocenters. The number of carbonyl (C=O) groups is 2. The van der Waals surface area contributed by atoms with Crippen LogP contribution < -0.4 is 16.0 Å². The Morgan fingerprint density at radius 1 is 0.917 bits per heavy atom. The molecule has 0 aromatic heterocycles. The Hall–Kier alpha value is -3.79. The van der Waals surface area contributed by atoms with Gasteiger partial charge in [-0.25, -0.2) is 13.6 Å². The van der Waals surface area contributed by atoms with Gasteiger partial charge in [0.25, 0.3) is 5.91 Å². The first-order valence-electron chi connectivity index (χ1n) is 11.3. The molecule has 3 aromatic carbocycles. The van der Waals surface area contributed by atoms with E-state index in [-0.39, 0.29) is 17.1 Å². The lowest BCUT2D eigenvalue weighted by Gasteiger charge is -2.21. The van der Waals surface area contributed by atoms with E-state index in [0.29, 0.717) is 11.3 Å². The van der Waals surface area contributed by atoms with Crippen LogP contribution in [-0.2, 0) is 4.79 Å². The Balaban J connectivity index is 1.52. The lowest BCUT2D eigenvalue weighted by Crippen LogP contribution is -2.40. The van der Waals surface area contributed by atoms with Gasteiger partial charge in [-0.05, 0) is 61.4 Å². The van der Waals surface area contributed by atoms with E-state index in [1.807, 2.05) is 4.90 Å². The Bertz CT molecular complexity index is 1280. The number of anilines is 2. The minimum Gasteiger partial charge on any atom is -0.357 e. The minimum atomic E-state index is -1.44. The van der Waals surface area contributed by atoms with Crippen molar-refractivity contribution in [1.82, 2.24) is 10.2 Å². The second-order valence-electron chi connectivity index (χ2n) is 8.29. The third-order valence-electron chi connectivity index (χ3n) is 5.78. The highest BCUT2D eigenvalue weighted by Crippen LogP contribution is 2.23. The average molecular weight is 556 g/mol. The number of nitrogens with one attached hydrogen (secondary N) is 4. The van der Waals surface area contributed by atoms with Crippen LogP contribution in [0.25, 0.3) is 0 Å². The highest BCUT2D eigenvalue weighted by molar-refractivity contribution is 9.10. The van der Waals surface area contributed by atoms with Gasteiger partial charge in [0.2, 0.25) is 0 Å². The molecule has 4 N–H and O–H groups in total. The molecule has 0 radical (unpaired) electrons. The summed E-state index contributed by atoms with van der Waals surface area (Å²) in [6, 6.07) is 14.2. The minimum absolute atomic E-state index is 0.0752. The first kappa shape index (κ1) is 25.3. The van der Waals surface area contributed by atoms with Crippen molar-refractivity contribution in [3.05, 3.63) is 94.0 Å². The van der Waals surface area contributed by atoms with E-state index in [4.69, 9.17) is 5.41 Å². The van der Waals surface area contributed by atoms with Gasteiger partial charge < -0.3 is 20.9 Å². The first-order valence-corrected chi connectivity index (χ1v) is 12.1. The van der Waals surface area contributed by atoms with Crippen molar-refractivity contribution in [2.75, 3.05) is 23.7 Å². The molecule has 0 saturated carbocycles. The summed E-state index contributed by atoms with van der Waals surface area (Å²) in [7, 11) is 0. The van der Waals surface area contributed by atoms with Crippen LogP contribution in [0.3, 0.4) is 0 Å². The summed E-state index contributed by atoms with van der Waals surface area (Å²) < 4.78 is 30.3. The zero-order chi connectivity index (χ0) is 25.7. The van der Waals surface area contributed by atoms with Crippen LogP contribution in [0.1, 0.15) is 30.0 Å². The number of hydrogen-bond donors (Lipinski definition) is 4. The molecule has 1 aliphatic rings. The monoisotopic (exact) mass is 555 g/mol. The molecule has 0 bridgehead atoms. The van der Waals surface area contributed by atoms with Gasteiger partial charge in [-0.1, -0.05) is 34.1 Å². The Morgan fingerprint density at radius 3 is 2.28 bits per heavy atom. The predicted octanol–water partition coefficient (Wildman–Crippen LogP) is 5.65. The van der Waals surface area contributed by atoms with Gasteiger partial charge in [0, 0.05) is 34.4 Å². The SMILES string of the molecule is N=C(c1ccc(NC(=O)C(NC(=O)Nc2ccc(Br)cc2)c2ccccc2F)c(F)c1)N1CCCC1. The Morgan fingerprint density at radius 2 is 1.61 bits per heavy atom. The number of carbonyl (C=O) groups excluding carboxylic acids is 2. The normalized spacial score (nSPS) is 13.7. The van der Waals surface area contributed by atoms with Gasteiger partial charge in [0.15, 0.2) is 0 Å². The van der Waals surface area contributed by atoms with E-state index in [2.05, 4.69) is 31.9 Å². The largest absolute Gasteiger partial charge is 0.357 e. The molecule has 3 aromatic rings. The third-order valence-corrected chi connectivity index (χ3v) is 6.31. The number of urea groups is 1. The molecular formula is C26H24BrF2N5O2. The summed E-state index contributed by atoms with van der Waals surface area (Å²) in [5.74, 6) is -2.04. The van der Waals surface area contributed by atoms with Gasteiger partial charge in [0.05, 0.1) is 5.69 Å². The highest BCUT2D eigenvalue weighted by atomic mass is 79.9. The van der Waals surface area contributed by atoms with Crippen molar-refractivity contribution < 1.29 is 18.4 Å². The van der Waals surface area contributed by atoms with Crippen LogP contribution in [0.4, 0.5) is 25.0 Å². The summed E-state index contributed by atoms with van der Waals surface area (Å²) in [4.78, 5) is 27.6. The Kier molecular flexibility index (Phi) is 7.94. The maximum absolute atomic E-state index is 14.9. The fourth-order valence-electron chi connectivity index (χ4n) is 3.92. The van der Waals surface area contributed by atoms with E-state index in [9.17, 15) is 18.4 Å². The zero-order valence-corrected chi connectivity index (χ0v) is 20.7. The molecule has 1 unspecified atom stereocenters. The molecule has 1 saturated heterocycles. The van der Waals surface area contributed by atoms with Crippen molar-refractivity contribution in [2.45, 2.75) is 18.9 Å². The van der Waals surface area contributed by atoms with Crippen LogP contribution >= 0.6 is 15.9 Å². The second kappa shape index (κ2) is 11.3. The van der Waals surface area contributed by atoms with E-state index in [1.165, 1.54) is 36.4 Å². The number of likely N-dealkylation sites (tertiary alicyclic amines) is 1. The van der Waals surface area contributed by atoms with Crippen LogP contribution in [0.5, 0.6) is 0 Å². The molecule has 186 valence electrons. The van der Waals surface area contributed by atoms with Crippen molar-refractivity contribution >= 4 is 45.1 Å². The number of hydrogen-bond acceptors (Lipinski definition) is 3. The molecule has 36 heavy (non-hydrogen) atoms. The average Bonchev–Trinajstić information content (AvgIpc) is 3.40. The first-order chi connectivity index (χ1) is 17.3. The van der Waals surface area contributed by atoms with E-state index in [1.54, 1.807) is 30.3 Å². The predicted molar refractivity (Wildman–Crippen MR) is 138 cm³/mol. The van der Waals surface area contributed by atoms with Crippen molar-refractivity contribution in [2.24, 2.45) is 0 Å². The third kappa shape index (κ3) is 6.06. The van der Waals surface area contributed by atoms with Crippen LogP contribution in [0.2, 0.25) is 0 Å². The molecule has 7 nitrogen and oxygen atoms in total. The van der Waals surface area contributed by atoms with Gasteiger partial charge in [-0.15, -0.1) is 0 Å². The van der Waals surface area contributed by atoms with Crippen molar-refractivity contribution in [3.8, 4) is 0 Å². The number of amides is 3. The van der Waals surface area contributed by atoms with E-state index < -0.39 is 29.6 Å². The van der Waals surface area contributed by atoms with Gasteiger partial charge in [-0.2, -0.15) is 0 Å². The van der Waals surface area contributed by atoms with Gasteiger partial charge in [-0.3, -0.25) is 10.2 Å². The standard InChI is InChI=1S/C26H24BrF2N5O2/c27-17-8-10-18(11-9-17)31-26(36)33-23(19-5-1-2-6-20(19)28)25(35)32-22-12-7-16(15-21(22)29)24(30)34-13-3-4-14-34/h1-2,5-12,15,23,30H,3-4,13-14H2,(H,32,35)(H2,31,33,36). The number of halogens is 3. The summed E-state index contributed by atoms with van der Waals surface area (Å²) in [6.07, 6.45) is 1.97. The fraction of sp³-hybridized carbons (Fsp3) is 0.192. The van der Waals surface area contributed by atoms with E-state index >= 15 is 0 Å². The molecule has 3 amide bonds. The second-order valence-corrected chi connectivity index (χ2v) is 9.20. The van der Waals surface area contributed by atoms with Crippen molar-refractivity contribution in [1.29, 1.82) is 5.41 Å². The zero-order valence-electron chi connectivity index (χ0n) is 19.2. The number of benzene rings is 3. The Labute approximate surface area is 215 Å². The van der Waals surface area contributed by atoms with Crippen LogP contribution in [0.15, 0.2) is 71.2 Å². The molecule has 0 aliphatic carbocycles. The summed E-state index contributed by atoms with van der Waals surface area (Å²) in [5, 5.41) is 15.8.